The number of fused-ring (bicyclic) bond motifs is 6. The van der Waals surface area contributed by atoms with Crippen LogP contribution in [0.5, 0.6) is 5.75 Å². The number of ether oxygens (including phenoxy) is 1. The largest absolute Gasteiger partial charge is 0.497 e. The number of hydrogen-bond donors (Lipinski definition) is 0. The summed E-state index contributed by atoms with van der Waals surface area (Å²) in [6, 6.07) is 20.4. The van der Waals surface area contributed by atoms with Crippen molar-refractivity contribution in [3.63, 3.8) is 0 Å². The molecule has 0 aliphatic carbocycles. The molecule has 26 heavy (non-hydrogen) atoms. The first-order chi connectivity index (χ1) is 12.7. The van der Waals surface area contributed by atoms with E-state index in [9.17, 15) is 5.26 Å². The van der Waals surface area contributed by atoms with E-state index in [1.165, 1.54) is 0 Å². The van der Waals surface area contributed by atoms with Crippen LogP contribution in [0.1, 0.15) is 5.56 Å². The van der Waals surface area contributed by atoms with Gasteiger partial charge in [0.2, 0.25) is 0 Å². The number of pyridine rings is 1. The molecule has 0 bridgehead atoms. The third-order valence-corrected chi connectivity index (χ3v) is 5.07. The van der Waals surface area contributed by atoms with E-state index < -0.39 is 0 Å². The Hall–Kier alpha value is -3.58. The second-order valence-electron chi connectivity index (χ2n) is 6.45. The first kappa shape index (κ1) is 14.7. The van der Waals surface area contributed by atoms with Crippen LogP contribution in [0.25, 0.3) is 43.6 Å². The first-order valence-corrected chi connectivity index (χ1v) is 8.40. The minimum Gasteiger partial charge on any atom is -0.497 e. The van der Waals surface area contributed by atoms with Crippen LogP contribution >= 0.6 is 0 Å². The van der Waals surface area contributed by atoms with Crippen LogP contribution in [0.2, 0.25) is 0 Å². The molecule has 3 aromatic carbocycles. The Morgan fingerprint density at radius 1 is 1.04 bits per heavy atom. The van der Waals surface area contributed by atoms with Gasteiger partial charge < -0.3 is 9.30 Å². The van der Waals surface area contributed by atoms with Gasteiger partial charge in [0, 0.05) is 34.1 Å². The van der Waals surface area contributed by atoms with Crippen molar-refractivity contribution >= 4 is 43.6 Å². The zero-order chi connectivity index (χ0) is 17.8. The lowest BCUT2D eigenvalue weighted by Crippen LogP contribution is -1.92. The number of methoxy groups -OCH3 is 1. The predicted octanol–water partition coefficient (Wildman–Crippen LogP) is 4.91. The molecule has 0 saturated heterocycles. The highest BCUT2D eigenvalue weighted by atomic mass is 16.5. The standard InChI is InChI=1S/C22H15N3O/c1-25-19-6-4-3-5-17(19)20-15(12-23)10-14-9-13-11-16(26-2)7-8-18(13)24-21(14)22(20)25/h3-11H,1-2H3. The van der Waals surface area contributed by atoms with Crippen molar-refractivity contribution in [2.45, 2.75) is 0 Å². The Morgan fingerprint density at radius 2 is 1.88 bits per heavy atom. The van der Waals surface area contributed by atoms with Crippen molar-refractivity contribution < 1.29 is 4.74 Å². The summed E-state index contributed by atoms with van der Waals surface area (Å²) in [7, 11) is 3.69. The Balaban J connectivity index is 2.04. The Bertz CT molecular complexity index is 1390. The monoisotopic (exact) mass is 337 g/mol. The van der Waals surface area contributed by atoms with Crippen molar-refractivity contribution in [1.29, 1.82) is 5.26 Å². The fourth-order valence-corrected chi connectivity index (χ4v) is 3.86. The number of hydrogen-bond acceptors (Lipinski definition) is 3. The lowest BCUT2D eigenvalue weighted by Gasteiger charge is -2.08. The summed E-state index contributed by atoms with van der Waals surface area (Å²) in [5, 5.41) is 13.8. The number of para-hydroxylation sites is 1. The van der Waals surface area contributed by atoms with Gasteiger partial charge in [0.15, 0.2) is 0 Å². The number of benzene rings is 3. The van der Waals surface area contributed by atoms with Crippen molar-refractivity contribution in [2.75, 3.05) is 7.11 Å². The van der Waals surface area contributed by atoms with Crippen LogP contribution in [-0.2, 0) is 7.05 Å². The van der Waals surface area contributed by atoms with E-state index >= 15 is 0 Å². The molecule has 0 aliphatic heterocycles. The molecule has 0 fully saturated rings. The Kier molecular flexibility index (Phi) is 2.95. The molecule has 124 valence electrons. The lowest BCUT2D eigenvalue weighted by atomic mass is 10.0. The molecule has 0 spiro atoms. The smallest absolute Gasteiger partial charge is 0.119 e. The van der Waals surface area contributed by atoms with Crippen molar-refractivity contribution in [1.82, 2.24) is 9.55 Å². The predicted molar refractivity (Wildman–Crippen MR) is 104 cm³/mol. The minimum atomic E-state index is 0.674. The average Bonchev–Trinajstić information content (AvgIpc) is 2.99. The van der Waals surface area contributed by atoms with Crippen LogP contribution < -0.4 is 4.74 Å². The molecule has 0 amide bonds. The second kappa shape index (κ2) is 5.21. The topological polar surface area (TPSA) is 50.8 Å². The molecule has 4 heteroatoms. The van der Waals surface area contributed by atoms with Gasteiger partial charge in [-0.2, -0.15) is 5.26 Å². The van der Waals surface area contributed by atoms with Gasteiger partial charge in [-0.1, -0.05) is 18.2 Å². The summed E-state index contributed by atoms with van der Waals surface area (Å²) < 4.78 is 7.46. The highest BCUT2D eigenvalue weighted by molar-refractivity contribution is 6.19. The van der Waals surface area contributed by atoms with Crippen molar-refractivity contribution in [3.8, 4) is 11.8 Å². The molecule has 0 N–H and O–H groups in total. The summed E-state index contributed by atoms with van der Waals surface area (Å²) in [5.41, 5.74) is 4.60. The van der Waals surface area contributed by atoms with Gasteiger partial charge in [-0.15, -0.1) is 0 Å². The van der Waals surface area contributed by atoms with E-state index in [4.69, 9.17) is 9.72 Å². The Morgan fingerprint density at radius 3 is 2.69 bits per heavy atom. The maximum Gasteiger partial charge on any atom is 0.119 e. The fraction of sp³-hybridized carbons (Fsp3) is 0.0909. The second-order valence-corrected chi connectivity index (χ2v) is 6.45. The quantitative estimate of drug-likeness (QED) is 0.408. The van der Waals surface area contributed by atoms with Gasteiger partial charge in [0.05, 0.1) is 35.3 Å². The van der Waals surface area contributed by atoms with Crippen LogP contribution in [0.4, 0.5) is 0 Å². The van der Waals surface area contributed by atoms with E-state index in [-0.39, 0.29) is 0 Å². The van der Waals surface area contributed by atoms with E-state index in [2.05, 4.69) is 28.8 Å². The van der Waals surface area contributed by atoms with Crippen LogP contribution in [0.15, 0.2) is 54.6 Å². The minimum absolute atomic E-state index is 0.674. The normalized spacial score (nSPS) is 11.4. The number of aromatic nitrogens is 2. The molecule has 0 radical (unpaired) electrons. The molecule has 4 nitrogen and oxygen atoms in total. The zero-order valence-corrected chi connectivity index (χ0v) is 14.4. The third kappa shape index (κ3) is 1.86. The van der Waals surface area contributed by atoms with E-state index in [0.717, 1.165) is 49.4 Å². The number of nitrogens with zero attached hydrogens (tertiary/aromatic N) is 3. The van der Waals surface area contributed by atoms with Crippen molar-refractivity contribution in [3.05, 3.63) is 60.2 Å². The van der Waals surface area contributed by atoms with Gasteiger partial charge in [-0.3, -0.25) is 0 Å². The number of nitriles is 1. The third-order valence-electron chi connectivity index (χ3n) is 5.07. The molecule has 2 aromatic heterocycles. The highest BCUT2D eigenvalue weighted by Crippen LogP contribution is 2.36. The highest BCUT2D eigenvalue weighted by Gasteiger charge is 2.16. The molecule has 0 unspecified atom stereocenters. The lowest BCUT2D eigenvalue weighted by molar-refractivity contribution is 0.415. The summed E-state index contributed by atoms with van der Waals surface area (Å²) >= 11 is 0. The van der Waals surface area contributed by atoms with Crippen LogP contribution in [0.3, 0.4) is 0 Å². The Labute approximate surface area is 149 Å². The SMILES string of the molecule is COc1ccc2nc3c(cc(C#N)c4c5ccccc5n(C)c34)cc2c1. The van der Waals surface area contributed by atoms with E-state index in [1.807, 2.05) is 43.4 Å². The molecular weight excluding hydrogens is 322 g/mol. The molecule has 0 aliphatic rings. The molecular formula is C22H15N3O. The summed E-state index contributed by atoms with van der Waals surface area (Å²) in [6.07, 6.45) is 0. The van der Waals surface area contributed by atoms with Gasteiger partial charge in [0.1, 0.15) is 5.75 Å². The molecule has 5 rings (SSSR count). The molecule has 0 saturated carbocycles. The van der Waals surface area contributed by atoms with Gasteiger partial charge in [-0.05, 0) is 36.4 Å². The maximum atomic E-state index is 9.76. The fourth-order valence-electron chi connectivity index (χ4n) is 3.86. The van der Waals surface area contributed by atoms with E-state index in [1.54, 1.807) is 7.11 Å². The van der Waals surface area contributed by atoms with Gasteiger partial charge in [0.25, 0.3) is 0 Å². The van der Waals surface area contributed by atoms with Gasteiger partial charge in [-0.25, -0.2) is 4.98 Å². The number of aryl methyl sites for hydroxylation is 1. The zero-order valence-electron chi connectivity index (χ0n) is 14.4. The molecule has 5 aromatic rings. The molecule has 2 heterocycles. The summed E-state index contributed by atoms with van der Waals surface area (Å²) in [6.45, 7) is 0. The summed E-state index contributed by atoms with van der Waals surface area (Å²) in [4.78, 5) is 4.93. The maximum absolute atomic E-state index is 9.76. The first-order valence-electron chi connectivity index (χ1n) is 8.40. The van der Waals surface area contributed by atoms with E-state index in [0.29, 0.717) is 5.56 Å². The van der Waals surface area contributed by atoms with Crippen LogP contribution in [0, 0.1) is 11.3 Å². The molecule has 0 atom stereocenters. The summed E-state index contributed by atoms with van der Waals surface area (Å²) in [5.74, 6) is 0.796. The average molecular weight is 337 g/mol. The van der Waals surface area contributed by atoms with Gasteiger partial charge >= 0.3 is 0 Å². The van der Waals surface area contributed by atoms with Crippen LogP contribution in [-0.4, -0.2) is 16.7 Å². The number of rotatable bonds is 1. The van der Waals surface area contributed by atoms with Crippen molar-refractivity contribution in [2.24, 2.45) is 7.05 Å².